The summed E-state index contributed by atoms with van der Waals surface area (Å²) in [5.41, 5.74) is 0.944. The molecule has 8 nitrogen and oxygen atoms in total. The Morgan fingerprint density at radius 1 is 0.951 bits per heavy atom. The van der Waals surface area contributed by atoms with Gasteiger partial charge in [-0.3, -0.25) is 9.69 Å². The molecule has 0 atom stereocenters. The zero-order valence-electron chi connectivity index (χ0n) is 21.4. The lowest BCUT2D eigenvalue weighted by Crippen LogP contribution is -2.30. The third kappa shape index (κ3) is 5.76. The van der Waals surface area contributed by atoms with Crippen LogP contribution in [0.5, 0.6) is 11.6 Å². The Morgan fingerprint density at radius 2 is 1.59 bits per heavy atom. The van der Waals surface area contributed by atoms with Crippen LogP contribution in [0.4, 0.5) is 22.4 Å². The van der Waals surface area contributed by atoms with Crippen molar-refractivity contribution in [2.24, 2.45) is 0 Å². The van der Waals surface area contributed by atoms with E-state index in [0.717, 1.165) is 17.0 Å². The number of carbonyl (C=O) groups excluding carboxylic acids is 2. The minimum atomic E-state index is -4.51. The normalized spacial score (nSPS) is 14.6. The largest absolute Gasteiger partial charge is 0.497 e. The highest BCUT2D eigenvalue weighted by Gasteiger charge is 2.35. The van der Waals surface area contributed by atoms with Crippen molar-refractivity contribution in [2.45, 2.75) is 19.1 Å². The van der Waals surface area contributed by atoms with Gasteiger partial charge in [0.25, 0.3) is 5.91 Å². The molecule has 41 heavy (non-hydrogen) atoms. The minimum absolute atomic E-state index is 0.144. The molecule has 1 fully saturated rings. The second kappa shape index (κ2) is 10.8. The van der Waals surface area contributed by atoms with Crippen LogP contribution < -0.4 is 10.1 Å². The van der Waals surface area contributed by atoms with E-state index in [1.807, 2.05) is 0 Å². The molecule has 2 heterocycles. The molecule has 0 saturated carbocycles. The first-order valence-corrected chi connectivity index (χ1v) is 12.2. The Bertz CT molecular complexity index is 1630. The molecule has 5 rings (SSSR count). The summed E-state index contributed by atoms with van der Waals surface area (Å²) in [6.45, 7) is -0.264. The van der Waals surface area contributed by atoms with Gasteiger partial charge in [0.2, 0.25) is 5.88 Å². The maximum Gasteiger partial charge on any atom is 0.416 e. The lowest BCUT2D eigenvalue weighted by atomic mass is 10.1. The van der Waals surface area contributed by atoms with E-state index in [9.17, 15) is 32.3 Å². The highest BCUT2D eigenvalue weighted by Crippen LogP contribution is 2.32. The maximum atomic E-state index is 13.5. The number of imide groups is 1. The van der Waals surface area contributed by atoms with Crippen LogP contribution >= 0.6 is 0 Å². The number of ether oxygens (including phenoxy) is 1. The van der Waals surface area contributed by atoms with E-state index in [0.29, 0.717) is 28.3 Å². The molecule has 0 bridgehead atoms. The number of carbonyl (C=O) groups is 2. The molecule has 0 aliphatic carbocycles. The van der Waals surface area contributed by atoms with Gasteiger partial charge >= 0.3 is 12.2 Å². The smallest absolute Gasteiger partial charge is 0.416 e. The molecule has 1 aliphatic heterocycles. The molecule has 0 spiro atoms. The summed E-state index contributed by atoms with van der Waals surface area (Å²) in [4.78, 5) is 26.6. The summed E-state index contributed by atoms with van der Waals surface area (Å²) >= 11 is 0. The van der Waals surface area contributed by atoms with E-state index in [1.165, 1.54) is 42.1 Å². The standard InChI is InChI=1S/C29H22F4N4O4/c1-41-22-12-10-21(11-13-22)37-26(38)23(24(35-37)14-17-4-8-20(30)9-5-17)15-25-27(39)36(28(40)34-25)16-18-2-6-19(7-3-18)29(31,32)33/h2-13,15,38H,14,16H2,1H3,(H,34,40)/b25-15-. The zero-order valence-corrected chi connectivity index (χ0v) is 21.4. The molecule has 1 aromatic heterocycles. The molecule has 1 saturated heterocycles. The van der Waals surface area contributed by atoms with E-state index in [-0.39, 0.29) is 30.1 Å². The Kier molecular flexibility index (Phi) is 7.22. The van der Waals surface area contributed by atoms with E-state index < -0.39 is 29.5 Å². The minimum Gasteiger partial charge on any atom is -0.497 e. The van der Waals surface area contributed by atoms with Crippen molar-refractivity contribution in [2.75, 3.05) is 7.11 Å². The summed E-state index contributed by atoms with van der Waals surface area (Å²) in [7, 11) is 1.51. The number of aromatic hydroxyl groups is 1. The van der Waals surface area contributed by atoms with Crippen LogP contribution in [-0.4, -0.2) is 38.8 Å². The van der Waals surface area contributed by atoms with Gasteiger partial charge < -0.3 is 15.2 Å². The van der Waals surface area contributed by atoms with Gasteiger partial charge in [-0.25, -0.2) is 13.9 Å². The van der Waals surface area contributed by atoms with Crippen LogP contribution in [0.2, 0.25) is 0 Å². The van der Waals surface area contributed by atoms with Gasteiger partial charge in [0.05, 0.1) is 36.2 Å². The average Bonchev–Trinajstić information content (AvgIpc) is 3.40. The number of nitrogens with zero attached hydrogens (tertiary/aromatic N) is 3. The summed E-state index contributed by atoms with van der Waals surface area (Å²) < 4.78 is 58.5. The lowest BCUT2D eigenvalue weighted by molar-refractivity contribution is -0.137. The molecule has 12 heteroatoms. The zero-order chi connectivity index (χ0) is 29.3. The molecular formula is C29H22F4N4O4. The number of halogens is 4. The van der Waals surface area contributed by atoms with Gasteiger partial charge in [0.15, 0.2) is 0 Å². The van der Waals surface area contributed by atoms with Crippen LogP contribution in [0.3, 0.4) is 0 Å². The third-order valence-electron chi connectivity index (χ3n) is 6.45. The number of urea groups is 1. The predicted octanol–water partition coefficient (Wildman–Crippen LogP) is 5.43. The first-order chi connectivity index (χ1) is 19.5. The van der Waals surface area contributed by atoms with Gasteiger partial charge in [0.1, 0.15) is 17.3 Å². The average molecular weight is 567 g/mol. The molecule has 0 radical (unpaired) electrons. The SMILES string of the molecule is COc1ccc(-n2nc(Cc3ccc(F)cc3)c(/C=C3\NC(=O)N(Cc4ccc(C(F)(F)F)cc4)C3=O)c2O)cc1. The van der Waals surface area contributed by atoms with Crippen molar-refractivity contribution in [3.8, 4) is 17.3 Å². The molecule has 1 aliphatic rings. The fraction of sp³-hybridized carbons (Fsp3) is 0.138. The predicted molar refractivity (Wildman–Crippen MR) is 139 cm³/mol. The monoisotopic (exact) mass is 566 g/mol. The van der Waals surface area contributed by atoms with Crippen molar-refractivity contribution in [1.29, 1.82) is 0 Å². The van der Waals surface area contributed by atoms with E-state index in [2.05, 4.69) is 10.4 Å². The lowest BCUT2D eigenvalue weighted by Gasteiger charge is -2.13. The molecule has 0 unspecified atom stereocenters. The number of hydrogen-bond acceptors (Lipinski definition) is 5. The van der Waals surface area contributed by atoms with Gasteiger partial charge in [-0.15, -0.1) is 0 Å². The molecule has 3 aromatic carbocycles. The van der Waals surface area contributed by atoms with Gasteiger partial charge in [-0.05, 0) is 65.7 Å². The summed E-state index contributed by atoms with van der Waals surface area (Å²) in [5.74, 6) is -0.890. The number of hydrogen-bond donors (Lipinski definition) is 2. The summed E-state index contributed by atoms with van der Waals surface area (Å²) in [6.07, 6.45) is -3.07. The number of nitrogens with one attached hydrogen (secondary N) is 1. The molecular weight excluding hydrogens is 544 g/mol. The number of rotatable bonds is 7. The quantitative estimate of drug-likeness (QED) is 0.177. The van der Waals surface area contributed by atoms with Gasteiger partial charge in [-0.2, -0.15) is 18.3 Å². The van der Waals surface area contributed by atoms with E-state index in [1.54, 1.807) is 36.4 Å². The van der Waals surface area contributed by atoms with Crippen molar-refractivity contribution in [3.63, 3.8) is 0 Å². The van der Waals surface area contributed by atoms with Crippen LogP contribution in [0.15, 0.2) is 78.5 Å². The maximum absolute atomic E-state index is 13.5. The van der Waals surface area contributed by atoms with Gasteiger partial charge in [-0.1, -0.05) is 24.3 Å². The Labute approximate surface area is 231 Å². The Balaban J connectivity index is 1.47. The molecule has 2 N–H and O–H groups in total. The highest BCUT2D eigenvalue weighted by atomic mass is 19.4. The number of alkyl halides is 3. The second-order valence-electron chi connectivity index (χ2n) is 9.17. The number of amides is 3. The first-order valence-electron chi connectivity index (χ1n) is 12.2. The van der Waals surface area contributed by atoms with Crippen LogP contribution in [0.25, 0.3) is 11.8 Å². The third-order valence-corrected chi connectivity index (χ3v) is 6.45. The first kappa shape index (κ1) is 27.4. The van der Waals surface area contributed by atoms with E-state index >= 15 is 0 Å². The summed E-state index contributed by atoms with van der Waals surface area (Å²) in [6, 6.07) is 15.7. The number of benzene rings is 3. The van der Waals surface area contributed by atoms with E-state index in [4.69, 9.17) is 4.74 Å². The summed E-state index contributed by atoms with van der Waals surface area (Å²) in [5, 5.41) is 18.1. The molecule has 210 valence electrons. The van der Waals surface area contributed by atoms with Crippen LogP contribution in [-0.2, 0) is 23.9 Å². The van der Waals surface area contributed by atoms with Crippen molar-refractivity contribution in [3.05, 3.63) is 112 Å². The van der Waals surface area contributed by atoms with Gasteiger partial charge in [0, 0.05) is 6.42 Å². The topological polar surface area (TPSA) is 96.7 Å². The fourth-order valence-corrected chi connectivity index (χ4v) is 4.28. The van der Waals surface area contributed by atoms with Crippen LogP contribution in [0.1, 0.15) is 27.9 Å². The fourth-order valence-electron chi connectivity index (χ4n) is 4.28. The van der Waals surface area contributed by atoms with Crippen molar-refractivity contribution >= 4 is 18.0 Å². The molecule has 3 amide bonds. The van der Waals surface area contributed by atoms with Crippen molar-refractivity contribution < 1.29 is 37.0 Å². The number of aromatic nitrogens is 2. The number of methoxy groups -OCH3 is 1. The highest BCUT2D eigenvalue weighted by molar-refractivity contribution is 6.14. The Hall–Kier alpha value is -5.13. The van der Waals surface area contributed by atoms with Crippen molar-refractivity contribution in [1.82, 2.24) is 20.0 Å². The molecule has 4 aromatic rings. The second-order valence-corrected chi connectivity index (χ2v) is 9.17. The van der Waals surface area contributed by atoms with Crippen LogP contribution in [0, 0.1) is 5.82 Å². The Morgan fingerprint density at radius 3 is 2.20 bits per heavy atom.